The molecule has 12 heavy (non-hydrogen) atoms. The number of ether oxygens (including phenoxy) is 1. The molecule has 0 saturated heterocycles. The maximum absolute atomic E-state index is 5.57. The fourth-order valence-corrected chi connectivity index (χ4v) is 1.59. The van der Waals surface area contributed by atoms with E-state index in [1.807, 2.05) is 0 Å². The smallest absolute Gasteiger partial charge is 0.0502 e. The van der Waals surface area contributed by atoms with E-state index in [9.17, 15) is 0 Å². The van der Waals surface area contributed by atoms with Gasteiger partial charge in [0, 0.05) is 11.9 Å². The quantitative estimate of drug-likeness (QED) is 0.616. The predicted octanol–water partition coefficient (Wildman–Crippen LogP) is 3.47. The van der Waals surface area contributed by atoms with Crippen LogP contribution in [-0.4, -0.2) is 18.5 Å². The van der Waals surface area contributed by atoms with E-state index in [-0.39, 0.29) is 0 Å². The highest BCUT2D eigenvalue weighted by Crippen LogP contribution is 2.10. The van der Waals surface area contributed by atoms with Gasteiger partial charge in [0.1, 0.15) is 0 Å². The highest BCUT2D eigenvalue weighted by atomic mass is 79.9. The second-order valence-electron chi connectivity index (χ2n) is 3.74. The van der Waals surface area contributed by atoms with Crippen LogP contribution in [0.3, 0.4) is 0 Å². The van der Waals surface area contributed by atoms with Gasteiger partial charge >= 0.3 is 0 Å². The SMILES string of the molecule is CCCC(CBr)COCC(C)C. The summed E-state index contributed by atoms with van der Waals surface area (Å²) >= 11 is 3.50. The first kappa shape index (κ1) is 12.4. The Balaban J connectivity index is 3.31. The number of rotatable bonds is 7. The molecule has 0 saturated carbocycles. The molecule has 0 spiro atoms. The Morgan fingerprint density at radius 1 is 1.25 bits per heavy atom. The highest BCUT2D eigenvalue weighted by Gasteiger charge is 2.05. The van der Waals surface area contributed by atoms with Crippen LogP contribution in [0, 0.1) is 11.8 Å². The van der Waals surface area contributed by atoms with E-state index >= 15 is 0 Å². The van der Waals surface area contributed by atoms with Gasteiger partial charge in [-0.3, -0.25) is 0 Å². The van der Waals surface area contributed by atoms with Crippen LogP contribution in [0.25, 0.3) is 0 Å². The van der Waals surface area contributed by atoms with Crippen molar-refractivity contribution in [2.45, 2.75) is 33.6 Å². The first-order chi connectivity index (χ1) is 5.70. The van der Waals surface area contributed by atoms with E-state index in [1.165, 1.54) is 12.8 Å². The standard InChI is InChI=1S/C10H21BrO/c1-4-5-10(6-11)8-12-7-9(2)3/h9-10H,4-8H2,1-3H3. The Morgan fingerprint density at radius 2 is 1.92 bits per heavy atom. The van der Waals surface area contributed by atoms with Gasteiger partial charge in [-0.15, -0.1) is 0 Å². The van der Waals surface area contributed by atoms with Gasteiger partial charge in [-0.2, -0.15) is 0 Å². The second kappa shape index (κ2) is 8.06. The molecule has 0 radical (unpaired) electrons. The highest BCUT2D eigenvalue weighted by molar-refractivity contribution is 9.09. The molecule has 1 unspecified atom stereocenters. The molecule has 0 amide bonds. The van der Waals surface area contributed by atoms with E-state index in [0.29, 0.717) is 11.8 Å². The van der Waals surface area contributed by atoms with Crippen molar-refractivity contribution in [1.29, 1.82) is 0 Å². The number of hydrogen-bond donors (Lipinski definition) is 0. The molecule has 1 nitrogen and oxygen atoms in total. The minimum atomic E-state index is 0.655. The molecular formula is C10H21BrO. The van der Waals surface area contributed by atoms with E-state index in [4.69, 9.17) is 4.74 Å². The third-order valence-corrected chi connectivity index (χ3v) is 2.64. The van der Waals surface area contributed by atoms with Gasteiger partial charge in [0.2, 0.25) is 0 Å². The van der Waals surface area contributed by atoms with Gasteiger partial charge in [-0.25, -0.2) is 0 Å². The molecule has 0 aliphatic rings. The number of alkyl halides is 1. The van der Waals surface area contributed by atoms with Crippen LogP contribution < -0.4 is 0 Å². The molecule has 2 heteroatoms. The van der Waals surface area contributed by atoms with Crippen LogP contribution in [0.15, 0.2) is 0 Å². The van der Waals surface area contributed by atoms with Crippen molar-refractivity contribution in [2.75, 3.05) is 18.5 Å². The lowest BCUT2D eigenvalue weighted by Crippen LogP contribution is -2.13. The molecule has 0 heterocycles. The molecule has 0 aromatic heterocycles. The summed E-state index contributed by atoms with van der Waals surface area (Å²) in [5.74, 6) is 1.36. The third kappa shape index (κ3) is 7.11. The van der Waals surface area contributed by atoms with E-state index < -0.39 is 0 Å². The van der Waals surface area contributed by atoms with Crippen molar-refractivity contribution in [3.63, 3.8) is 0 Å². The number of halogens is 1. The molecule has 1 atom stereocenters. The Bertz CT molecular complexity index is 93.8. The van der Waals surface area contributed by atoms with Crippen molar-refractivity contribution in [2.24, 2.45) is 11.8 Å². The summed E-state index contributed by atoms with van der Waals surface area (Å²) < 4.78 is 5.57. The van der Waals surface area contributed by atoms with Crippen LogP contribution in [0.1, 0.15) is 33.6 Å². The maximum atomic E-state index is 5.57. The maximum Gasteiger partial charge on any atom is 0.0502 e. The molecule has 74 valence electrons. The normalized spacial score (nSPS) is 13.8. The molecule has 0 N–H and O–H groups in total. The van der Waals surface area contributed by atoms with Gasteiger partial charge in [-0.1, -0.05) is 43.1 Å². The zero-order valence-electron chi connectivity index (χ0n) is 8.48. The second-order valence-corrected chi connectivity index (χ2v) is 4.39. The molecule has 0 aliphatic carbocycles. The molecule has 0 rings (SSSR count). The summed E-state index contributed by atoms with van der Waals surface area (Å²) in [4.78, 5) is 0. The summed E-state index contributed by atoms with van der Waals surface area (Å²) in [6.07, 6.45) is 2.52. The number of hydrogen-bond acceptors (Lipinski definition) is 1. The Hall–Kier alpha value is 0.440. The van der Waals surface area contributed by atoms with Crippen LogP contribution in [0.2, 0.25) is 0 Å². The minimum absolute atomic E-state index is 0.655. The first-order valence-electron chi connectivity index (χ1n) is 4.84. The summed E-state index contributed by atoms with van der Waals surface area (Å²) in [5.41, 5.74) is 0. The van der Waals surface area contributed by atoms with Crippen LogP contribution in [0.5, 0.6) is 0 Å². The average molecular weight is 237 g/mol. The summed E-state index contributed by atoms with van der Waals surface area (Å²) in [5, 5.41) is 1.07. The zero-order valence-corrected chi connectivity index (χ0v) is 10.1. The van der Waals surface area contributed by atoms with Crippen molar-refractivity contribution in [3.05, 3.63) is 0 Å². The molecule has 0 aromatic rings. The average Bonchev–Trinajstić information content (AvgIpc) is 2.02. The Kier molecular flexibility index (Phi) is 8.35. The zero-order chi connectivity index (χ0) is 9.40. The molecule has 0 bridgehead atoms. The van der Waals surface area contributed by atoms with E-state index in [2.05, 4.69) is 36.7 Å². The van der Waals surface area contributed by atoms with Gasteiger partial charge in [0.15, 0.2) is 0 Å². The first-order valence-corrected chi connectivity index (χ1v) is 5.96. The lowest BCUT2D eigenvalue weighted by Gasteiger charge is -2.14. The molecule has 0 fully saturated rings. The van der Waals surface area contributed by atoms with Crippen LogP contribution in [-0.2, 0) is 4.74 Å². The Morgan fingerprint density at radius 3 is 2.33 bits per heavy atom. The molecule has 0 aliphatic heterocycles. The van der Waals surface area contributed by atoms with Crippen molar-refractivity contribution < 1.29 is 4.74 Å². The van der Waals surface area contributed by atoms with Crippen LogP contribution in [0.4, 0.5) is 0 Å². The van der Waals surface area contributed by atoms with Crippen molar-refractivity contribution in [1.82, 2.24) is 0 Å². The van der Waals surface area contributed by atoms with E-state index in [0.717, 1.165) is 18.5 Å². The minimum Gasteiger partial charge on any atom is -0.381 e. The summed E-state index contributed by atoms with van der Waals surface area (Å²) in [6, 6.07) is 0. The topological polar surface area (TPSA) is 9.23 Å². The largest absolute Gasteiger partial charge is 0.381 e. The lowest BCUT2D eigenvalue weighted by molar-refractivity contribution is 0.0832. The summed E-state index contributed by atoms with van der Waals surface area (Å²) in [7, 11) is 0. The fourth-order valence-electron chi connectivity index (χ4n) is 1.08. The van der Waals surface area contributed by atoms with Gasteiger partial charge < -0.3 is 4.74 Å². The predicted molar refractivity (Wildman–Crippen MR) is 57.8 cm³/mol. The van der Waals surface area contributed by atoms with Gasteiger partial charge in [-0.05, 0) is 18.3 Å². The Labute approximate surface area is 85.0 Å². The van der Waals surface area contributed by atoms with Crippen molar-refractivity contribution in [3.8, 4) is 0 Å². The van der Waals surface area contributed by atoms with Crippen LogP contribution >= 0.6 is 15.9 Å². The monoisotopic (exact) mass is 236 g/mol. The lowest BCUT2D eigenvalue weighted by atomic mass is 10.1. The molecular weight excluding hydrogens is 216 g/mol. The van der Waals surface area contributed by atoms with Crippen molar-refractivity contribution >= 4 is 15.9 Å². The molecule has 0 aromatic carbocycles. The third-order valence-electron chi connectivity index (χ3n) is 1.72. The summed E-state index contributed by atoms with van der Waals surface area (Å²) in [6.45, 7) is 8.40. The van der Waals surface area contributed by atoms with Gasteiger partial charge in [0.05, 0.1) is 6.61 Å². The fraction of sp³-hybridized carbons (Fsp3) is 1.00. The van der Waals surface area contributed by atoms with Gasteiger partial charge in [0.25, 0.3) is 0 Å². The van der Waals surface area contributed by atoms with E-state index in [1.54, 1.807) is 0 Å².